The topological polar surface area (TPSA) is 84.0 Å². The van der Waals surface area contributed by atoms with Crippen LogP contribution in [0.3, 0.4) is 0 Å². The SMILES string of the molecule is O=C1c2c(F)c(F)c(F)c(F)c2C(=O)N1c1ccc(Oc2ccc(N3C(=O)c4c(F)c(F)c(F)c(F)c4C3=O)cc2)cc1. The predicted molar refractivity (Wildman–Crippen MR) is 128 cm³/mol. The Morgan fingerprint density at radius 3 is 0.837 bits per heavy atom. The summed E-state index contributed by atoms with van der Waals surface area (Å²) in [6.07, 6.45) is 0. The molecule has 0 atom stereocenters. The number of imide groups is 2. The van der Waals surface area contributed by atoms with Crippen molar-refractivity contribution in [2.24, 2.45) is 0 Å². The van der Waals surface area contributed by atoms with Crippen molar-refractivity contribution in [1.82, 2.24) is 0 Å². The van der Waals surface area contributed by atoms with E-state index >= 15 is 0 Å². The Kier molecular flexibility index (Phi) is 6.07. The standard InChI is InChI=1S/C28H8F8N2O5/c29-17-13-14(18(30)22(34)21(17)33)26(40)37(25(13)39)9-1-5-11(6-2-9)43-12-7-3-10(4-8-12)38-27(41)15-16(28(38)42)20(32)24(36)23(35)19(15)31/h1-8H. The molecule has 2 aliphatic heterocycles. The van der Waals surface area contributed by atoms with Crippen LogP contribution in [0.25, 0.3) is 0 Å². The Morgan fingerprint density at radius 1 is 0.372 bits per heavy atom. The lowest BCUT2D eigenvalue weighted by Gasteiger charge is -2.16. The van der Waals surface area contributed by atoms with Gasteiger partial charge in [-0.25, -0.2) is 44.9 Å². The highest BCUT2D eigenvalue weighted by Gasteiger charge is 2.46. The van der Waals surface area contributed by atoms with Gasteiger partial charge in [-0.05, 0) is 48.5 Å². The van der Waals surface area contributed by atoms with Gasteiger partial charge in [0.15, 0.2) is 46.5 Å². The Morgan fingerprint density at radius 2 is 0.605 bits per heavy atom. The summed E-state index contributed by atoms with van der Waals surface area (Å²) in [6, 6.07) is 9.31. The van der Waals surface area contributed by atoms with E-state index in [0.717, 1.165) is 24.3 Å². The molecule has 4 aromatic carbocycles. The van der Waals surface area contributed by atoms with Crippen molar-refractivity contribution in [2.75, 3.05) is 9.80 Å². The first-order valence-electron chi connectivity index (χ1n) is 11.7. The minimum Gasteiger partial charge on any atom is -0.457 e. The summed E-state index contributed by atoms with van der Waals surface area (Å²) in [5.74, 6) is -22.7. The fraction of sp³-hybridized carbons (Fsp3) is 0. The zero-order chi connectivity index (χ0) is 31.1. The van der Waals surface area contributed by atoms with Crippen LogP contribution in [0.5, 0.6) is 11.5 Å². The smallest absolute Gasteiger partial charge is 0.269 e. The van der Waals surface area contributed by atoms with E-state index in [2.05, 4.69) is 0 Å². The first-order chi connectivity index (χ1) is 20.3. The molecule has 15 heteroatoms. The fourth-order valence-electron chi connectivity index (χ4n) is 4.63. The third kappa shape index (κ3) is 3.80. The molecule has 0 unspecified atom stereocenters. The summed E-state index contributed by atoms with van der Waals surface area (Å²) in [5, 5.41) is 0. The molecule has 6 rings (SSSR count). The molecule has 0 N–H and O–H groups in total. The van der Waals surface area contributed by atoms with E-state index < -0.39 is 92.4 Å². The van der Waals surface area contributed by atoms with E-state index in [1.54, 1.807) is 0 Å². The van der Waals surface area contributed by atoms with Crippen LogP contribution in [0.2, 0.25) is 0 Å². The third-order valence-electron chi connectivity index (χ3n) is 6.63. The Bertz CT molecular complexity index is 1730. The molecule has 0 spiro atoms. The molecule has 4 amide bonds. The van der Waals surface area contributed by atoms with Gasteiger partial charge < -0.3 is 4.74 Å². The Labute approximate surface area is 233 Å². The first kappa shape index (κ1) is 27.6. The van der Waals surface area contributed by atoms with Crippen molar-refractivity contribution in [3.05, 3.63) is 117 Å². The van der Waals surface area contributed by atoms with E-state index in [1.165, 1.54) is 24.3 Å². The van der Waals surface area contributed by atoms with Crippen LogP contribution < -0.4 is 14.5 Å². The van der Waals surface area contributed by atoms with Gasteiger partial charge in [-0.2, -0.15) is 0 Å². The number of amides is 4. The molecule has 0 fully saturated rings. The number of benzene rings is 4. The third-order valence-corrected chi connectivity index (χ3v) is 6.63. The number of hydrogen-bond donors (Lipinski definition) is 0. The van der Waals surface area contributed by atoms with E-state index in [0.29, 0.717) is 9.80 Å². The molecule has 0 aliphatic carbocycles. The van der Waals surface area contributed by atoms with Crippen LogP contribution >= 0.6 is 0 Å². The van der Waals surface area contributed by atoms with Crippen LogP contribution in [-0.2, 0) is 0 Å². The summed E-state index contributed by atoms with van der Waals surface area (Å²) in [6.45, 7) is 0. The largest absolute Gasteiger partial charge is 0.457 e. The van der Waals surface area contributed by atoms with Gasteiger partial charge in [-0.3, -0.25) is 19.2 Å². The second-order valence-electron chi connectivity index (χ2n) is 8.99. The maximum absolute atomic E-state index is 14.2. The second-order valence-corrected chi connectivity index (χ2v) is 8.99. The molecule has 2 heterocycles. The predicted octanol–water partition coefficient (Wildman–Crippen LogP) is 6.19. The van der Waals surface area contributed by atoms with Crippen LogP contribution in [0.15, 0.2) is 48.5 Å². The van der Waals surface area contributed by atoms with Crippen molar-refractivity contribution in [3.8, 4) is 11.5 Å². The van der Waals surface area contributed by atoms with Crippen LogP contribution in [0.1, 0.15) is 41.4 Å². The van der Waals surface area contributed by atoms with E-state index in [1.807, 2.05) is 0 Å². The monoisotopic (exact) mass is 604 g/mol. The van der Waals surface area contributed by atoms with Crippen molar-refractivity contribution in [2.45, 2.75) is 0 Å². The molecule has 0 bridgehead atoms. The van der Waals surface area contributed by atoms with Crippen molar-refractivity contribution in [3.63, 3.8) is 0 Å². The van der Waals surface area contributed by atoms with Gasteiger partial charge in [0.25, 0.3) is 23.6 Å². The summed E-state index contributed by atoms with van der Waals surface area (Å²) in [7, 11) is 0. The number of rotatable bonds is 4. The summed E-state index contributed by atoms with van der Waals surface area (Å²) >= 11 is 0. The lowest BCUT2D eigenvalue weighted by atomic mass is 10.1. The van der Waals surface area contributed by atoms with Crippen LogP contribution in [0, 0.1) is 46.5 Å². The van der Waals surface area contributed by atoms with Gasteiger partial charge in [-0.15, -0.1) is 0 Å². The molecule has 4 aromatic rings. The molecule has 2 aliphatic rings. The zero-order valence-electron chi connectivity index (χ0n) is 20.6. The van der Waals surface area contributed by atoms with E-state index in [-0.39, 0.29) is 22.9 Å². The first-order valence-corrected chi connectivity index (χ1v) is 11.7. The quantitative estimate of drug-likeness (QED) is 0.120. The Balaban J connectivity index is 1.22. The maximum atomic E-state index is 14.2. The lowest BCUT2D eigenvalue weighted by Crippen LogP contribution is -2.29. The summed E-state index contributed by atoms with van der Waals surface area (Å²) < 4.78 is 117. The second kappa shape index (κ2) is 9.47. The minimum atomic E-state index is -2.25. The highest BCUT2D eigenvalue weighted by Crippen LogP contribution is 2.37. The fourth-order valence-corrected chi connectivity index (χ4v) is 4.63. The lowest BCUT2D eigenvalue weighted by molar-refractivity contribution is 0.0907. The Hall–Kier alpha value is -5.60. The van der Waals surface area contributed by atoms with Crippen LogP contribution in [-0.4, -0.2) is 23.6 Å². The van der Waals surface area contributed by atoms with E-state index in [9.17, 15) is 54.3 Å². The van der Waals surface area contributed by atoms with Gasteiger partial charge in [0.1, 0.15) is 11.5 Å². The van der Waals surface area contributed by atoms with Gasteiger partial charge >= 0.3 is 0 Å². The molecular weight excluding hydrogens is 596 g/mol. The molecule has 7 nitrogen and oxygen atoms in total. The number of carbonyl (C=O) groups excluding carboxylic acids is 4. The molecule has 0 aromatic heterocycles. The van der Waals surface area contributed by atoms with Crippen molar-refractivity contribution in [1.29, 1.82) is 0 Å². The number of carbonyl (C=O) groups is 4. The highest BCUT2D eigenvalue weighted by molar-refractivity contribution is 6.35. The van der Waals surface area contributed by atoms with Crippen LogP contribution in [0.4, 0.5) is 46.5 Å². The summed E-state index contributed by atoms with van der Waals surface area (Å²) in [4.78, 5) is 51.0. The average molecular weight is 604 g/mol. The van der Waals surface area contributed by atoms with Crippen molar-refractivity contribution < 1.29 is 59.0 Å². The molecule has 0 saturated carbocycles. The molecule has 0 radical (unpaired) electrons. The molecule has 216 valence electrons. The zero-order valence-corrected chi connectivity index (χ0v) is 20.6. The molecular formula is C28H8F8N2O5. The maximum Gasteiger partial charge on any atom is 0.269 e. The van der Waals surface area contributed by atoms with E-state index in [4.69, 9.17) is 4.74 Å². The number of hydrogen-bond acceptors (Lipinski definition) is 5. The highest BCUT2D eigenvalue weighted by atomic mass is 19.2. The summed E-state index contributed by atoms with van der Waals surface area (Å²) in [5.41, 5.74) is -5.51. The number of nitrogens with zero attached hydrogens (tertiary/aromatic N) is 2. The number of halogens is 8. The van der Waals surface area contributed by atoms with Crippen molar-refractivity contribution >= 4 is 35.0 Å². The van der Waals surface area contributed by atoms with Gasteiger partial charge in [0.2, 0.25) is 0 Å². The van der Waals surface area contributed by atoms with Gasteiger partial charge in [0.05, 0.1) is 33.6 Å². The molecule has 43 heavy (non-hydrogen) atoms. The molecule has 0 saturated heterocycles. The minimum absolute atomic E-state index is 0.0541. The number of ether oxygens (including phenoxy) is 1. The van der Waals surface area contributed by atoms with Gasteiger partial charge in [0, 0.05) is 0 Å². The number of fused-ring (bicyclic) bond motifs is 2. The average Bonchev–Trinajstić information content (AvgIpc) is 3.41. The normalized spacial score (nSPS) is 14.1. The van der Waals surface area contributed by atoms with Gasteiger partial charge in [-0.1, -0.05) is 0 Å². The number of anilines is 2.